The third kappa shape index (κ3) is 3.48. The maximum atomic E-state index is 12.3. The Kier molecular flexibility index (Phi) is 4.54. The number of nitrogens with one attached hydrogen (secondary N) is 1. The van der Waals surface area contributed by atoms with Gasteiger partial charge in [0.1, 0.15) is 12.1 Å². The quantitative estimate of drug-likeness (QED) is 0.728. The van der Waals surface area contributed by atoms with Crippen LogP contribution in [0.15, 0.2) is 53.3 Å². The van der Waals surface area contributed by atoms with E-state index in [1.165, 1.54) is 0 Å². The molecule has 23 heavy (non-hydrogen) atoms. The number of aromatic nitrogens is 2. The first-order valence-corrected chi connectivity index (χ1v) is 8.06. The van der Waals surface area contributed by atoms with Gasteiger partial charge in [0.25, 0.3) is 5.91 Å². The Labute approximate surface area is 146 Å². The van der Waals surface area contributed by atoms with Crippen molar-refractivity contribution < 1.29 is 9.53 Å². The van der Waals surface area contributed by atoms with E-state index in [1.807, 2.05) is 24.3 Å². The second kappa shape index (κ2) is 6.60. The summed E-state index contributed by atoms with van der Waals surface area (Å²) in [5, 5.41) is 0.589. The van der Waals surface area contributed by atoms with Gasteiger partial charge in [-0.05, 0) is 53.2 Å². The smallest absolute Gasteiger partial charge is 0.279 e. The number of carbonyl (C=O) groups is 1. The van der Waals surface area contributed by atoms with Crippen LogP contribution >= 0.6 is 27.5 Å². The maximum Gasteiger partial charge on any atom is 0.279 e. The Hall–Kier alpha value is -2.05. The number of amides is 1. The van der Waals surface area contributed by atoms with E-state index in [0.29, 0.717) is 15.2 Å². The van der Waals surface area contributed by atoms with E-state index in [2.05, 4.69) is 26.3 Å². The normalized spacial score (nSPS) is 12.1. The van der Waals surface area contributed by atoms with Crippen molar-refractivity contribution in [3.63, 3.8) is 0 Å². The van der Waals surface area contributed by atoms with Gasteiger partial charge in [0, 0.05) is 5.02 Å². The summed E-state index contributed by atoms with van der Waals surface area (Å²) in [7, 11) is 0. The maximum absolute atomic E-state index is 12.3. The number of rotatable bonds is 4. The van der Waals surface area contributed by atoms with Crippen molar-refractivity contribution in [2.24, 2.45) is 0 Å². The molecule has 0 spiro atoms. The molecule has 1 amide bonds. The molecule has 0 radical (unpaired) electrons. The van der Waals surface area contributed by atoms with Gasteiger partial charge in [-0.2, -0.15) is 0 Å². The summed E-state index contributed by atoms with van der Waals surface area (Å²) in [5.41, 5.74) is 4.39. The number of hydrogen-bond acceptors (Lipinski definition) is 3. The lowest BCUT2D eigenvalue weighted by Gasteiger charge is -2.16. The highest BCUT2D eigenvalue weighted by Gasteiger charge is 2.17. The number of imidazole rings is 1. The Balaban J connectivity index is 1.72. The van der Waals surface area contributed by atoms with Crippen molar-refractivity contribution >= 4 is 44.5 Å². The van der Waals surface area contributed by atoms with Crippen molar-refractivity contribution in [1.82, 2.24) is 9.66 Å². The van der Waals surface area contributed by atoms with E-state index in [4.69, 9.17) is 16.3 Å². The van der Waals surface area contributed by atoms with Gasteiger partial charge in [0.15, 0.2) is 6.10 Å². The minimum absolute atomic E-state index is 0.282. The molecule has 0 aliphatic carbocycles. The summed E-state index contributed by atoms with van der Waals surface area (Å²) in [6, 6.07) is 12.7. The van der Waals surface area contributed by atoms with Crippen molar-refractivity contribution in [2.45, 2.75) is 13.0 Å². The van der Waals surface area contributed by atoms with Crippen molar-refractivity contribution in [1.29, 1.82) is 0 Å². The molecule has 118 valence electrons. The zero-order valence-electron chi connectivity index (χ0n) is 12.2. The highest BCUT2D eigenvalue weighted by molar-refractivity contribution is 9.10. The van der Waals surface area contributed by atoms with Crippen LogP contribution in [0.4, 0.5) is 0 Å². The summed E-state index contributed by atoms with van der Waals surface area (Å²) in [4.78, 5) is 16.5. The molecule has 2 aromatic carbocycles. The van der Waals surface area contributed by atoms with E-state index >= 15 is 0 Å². The van der Waals surface area contributed by atoms with E-state index in [9.17, 15) is 4.79 Å². The van der Waals surface area contributed by atoms with Crippen molar-refractivity contribution in [2.75, 3.05) is 5.43 Å². The van der Waals surface area contributed by atoms with Gasteiger partial charge < -0.3 is 4.74 Å². The lowest BCUT2D eigenvalue weighted by molar-refractivity contribution is -0.123. The van der Waals surface area contributed by atoms with E-state index in [-0.39, 0.29) is 5.91 Å². The molecule has 0 aliphatic heterocycles. The third-order valence-corrected chi connectivity index (χ3v) is 4.11. The molecule has 0 aliphatic rings. The fraction of sp³-hybridized carbons (Fsp3) is 0.125. The molecular weight excluding hydrogens is 382 g/mol. The van der Waals surface area contributed by atoms with Crippen LogP contribution in [0.1, 0.15) is 6.92 Å². The SMILES string of the molecule is CC(Oc1ccc(Cl)cc1Br)C(=O)Nn1cnc2ccccc21. The number of carbonyl (C=O) groups excluding carboxylic acids is 1. The molecule has 1 unspecified atom stereocenters. The second-order valence-electron chi connectivity index (χ2n) is 4.91. The molecule has 7 heteroatoms. The number of nitrogens with zero attached hydrogens (tertiary/aromatic N) is 2. The minimum Gasteiger partial charge on any atom is -0.480 e. The lowest BCUT2D eigenvalue weighted by Crippen LogP contribution is -2.34. The largest absolute Gasteiger partial charge is 0.480 e. The molecule has 3 rings (SSSR count). The van der Waals surface area contributed by atoms with Crippen LogP contribution in [0.2, 0.25) is 5.02 Å². The molecule has 1 heterocycles. The van der Waals surface area contributed by atoms with Gasteiger partial charge in [0.05, 0.1) is 15.5 Å². The first-order valence-electron chi connectivity index (χ1n) is 6.89. The average molecular weight is 395 g/mol. The Morgan fingerprint density at radius 3 is 2.91 bits per heavy atom. The molecule has 3 aromatic rings. The van der Waals surface area contributed by atoms with Crippen LogP contribution in [0, 0.1) is 0 Å². The molecule has 1 N–H and O–H groups in total. The summed E-state index contributed by atoms with van der Waals surface area (Å²) < 4.78 is 7.94. The summed E-state index contributed by atoms with van der Waals surface area (Å²) in [6.07, 6.45) is 0.877. The van der Waals surface area contributed by atoms with Crippen LogP contribution in [0.25, 0.3) is 11.0 Å². The second-order valence-corrected chi connectivity index (χ2v) is 6.20. The zero-order valence-corrected chi connectivity index (χ0v) is 14.5. The molecular formula is C16H13BrClN3O2. The van der Waals surface area contributed by atoms with Gasteiger partial charge in [-0.3, -0.25) is 10.2 Å². The molecule has 0 bridgehead atoms. The predicted molar refractivity (Wildman–Crippen MR) is 93.3 cm³/mol. The molecule has 0 fully saturated rings. The van der Waals surface area contributed by atoms with E-state index < -0.39 is 6.10 Å². The fourth-order valence-corrected chi connectivity index (χ4v) is 2.85. The van der Waals surface area contributed by atoms with E-state index in [1.54, 1.807) is 36.1 Å². The zero-order chi connectivity index (χ0) is 16.4. The molecule has 1 atom stereocenters. The highest BCUT2D eigenvalue weighted by atomic mass is 79.9. The number of halogens is 2. The van der Waals surface area contributed by atoms with Crippen LogP contribution in [0.3, 0.4) is 0 Å². The van der Waals surface area contributed by atoms with Crippen LogP contribution < -0.4 is 10.2 Å². The topological polar surface area (TPSA) is 56.1 Å². The molecule has 1 aromatic heterocycles. The highest BCUT2D eigenvalue weighted by Crippen LogP contribution is 2.28. The molecule has 0 saturated carbocycles. The number of benzene rings is 2. The Bertz CT molecular complexity index is 865. The predicted octanol–water partition coefficient (Wildman–Crippen LogP) is 3.99. The summed E-state index contributed by atoms with van der Waals surface area (Å²) in [5.74, 6) is 0.266. The number of hydrogen-bond donors (Lipinski definition) is 1. The Morgan fingerprint density at radius 1 is 1.35 bits per heavy atom. The van der Waals surface area contributed by atoms with Gasteiger partial charge in [-0.15, -0.1) is 0 Å². The Morgan fingerprint density at radius 2 is 2.13 bits per heavy atom. The number of para-hydroxylation sites is 2. The number of ether oxygens (including phenoxy) is 1. The average Bonchev–Trinajstić information content (AvgIpc) is 2.93. The van der Waals surface area contributed by atoms with Gasteiger partial charge in [-0.25, -0.2) is 9.66 Å². The van der Waals surface area contributed by atoms with Crippen LogP contribution in [0.5, 0.6) is 5.75 Å². The minimum atomic E-state index is -0.686. The monoisotopic (exact) mass is 393 g/mol. The van der Waals surface area contributed by atoms with E-state index in [0.717, 1.165) is 11.0 Å². The summed E-state index contributed by atoms with van der Waals surface area (Å²) in [6.45, 7) is 1.68. The van der Waals surface area contributed by atoms with Gasteiger partial charge in [0.2, 0.25) is 0 Å². The number of fused-ring (bicyclic) bond motifs is 1. The third-order valence-electron chi connectivity index (χ3n) is 3.25. The fourth-order valence-electron chi connectivity index (χ4n) is 2.07. The van der Waals surface area contributed by atoms with Crippen molar-refractivity contribution in [3.05, 3.63) is 58.3 Å². The standard InChI is InChI=1S/C16H13BrClN3O2/c1-10(23-15-7-6-11(18)8-12(15)17)16(22)20-21-9-19-13-4-2-3-5-14(13)21/h2-10H,1H3,(H,20,22). The van der Waals surface area contributed by atoms with Crippen LogP contribution in [-0.2, 0) is 4.79 Å². The first kappa shape index (κ1) is 15.8. The molecule has 5 nitrogen and oxygen atoms in total. The van der Waals surface area contributed by atoms with Gasteiger partial charge >= 0.3 is 0 Å². The first-order chi connectivity index (χ1) is 11.0. The lowest BCUT2D eigenvalue weighted by atomic mass is 10.3. The van der Waals surface area contributed by atoms with Crippen LogP contribution in [-0.4, -0.2) is 21.7 Å². The molecule has 0 saturated heterocycles. The van der Waals surface area contributed by atoms with Crippen molar-refractivity contribution in [3.8, 4) is 5.75 Å². The van der Waals surface area contributed by atoms with Gasteiger partial charge in [-0.1, -0.05) is 23.7 Å². The summed E-state index contributed by atoms with van der Waals surface area (Å²) >= 11 is 9.25.